The topological polar surface area (TPSA) is 89.3 Å². The summed E-state index contributed by atoms with van der Waals surface area (Å²) in [6.45, 7) is 0. The molecule has 4 heterocycles. The van der Waals surface area contributed by atoms with Gasteiger partial charge in [0.2, 0.25) is 0 Å². The second kappa shape index (κ2) is 6.10. The monoisotopic (exact) mass is 478 g/mol. The Kier molecular flexibility index (Phi) is 3.80. The number of allylic oxidation sites excluding steroid dienone is 3. The molecule has 1 saturated heterocycles. The Bertz CT molecular complexity index is 1120. The van der Waals surface area contributed by atoms with Crippen molar-refractivity contribution in [1.29, 1.82) is 0 Å². The van der Waals surface area contributed by atoms with Crippen LogP contribution in [0.25, 0.3) is 5.57 Å². The number of hydrogen-bond acceptors (Lipinski definition) is 5. The first-order valence-corrected chi connectivity index (χ1v) is 14.1. The summed E-state index contributed by atoms with van der Waals surface area (Å²) in [5, 5.41) is 12.9. The molecule has 27 heavy (non-hydrogen) atoms. The molecular formula is C19H11InN2O4S. The van der Waals surface area contributed by atoms with Crippen molar-refractivity contribution >= 4 is 58.9 Å². The summed E-state index contributed by atoms with van der Waals surface area (Å²) in [6, 6.07) is 14.9. The number of nitrogens with one attached hydrogen (secondary N) is 1. The summed E-state index contributed by atoms with van der Waals surface area (Å²) in [4.78, 5) is 34.8. The molecule has 0 aliphatic carbocycles. The fraction of sp³-hybridized carbons (Fsp3) is 0.0526. The maximum atomic E-state index is 12.2. The van der Waals surface area contributed by atoms with E-state index in [2.05, 4.69) is 17.4 Å². The molecule has 0 radical (unpaired) electrons. The first-order valence-electron chi connectivity index (χ1n) is 8.38. The van der Waals surface area contributed by atoms with Crippen LogP contribution < -0.4 is 8.64 Å². The number of thioether (sulfide) groups is 1. The number of nitrogens with zero attached hydrogens (tertiary/aromatic N) is 1. The van der Waals surface area contributed by atoms with Crippen LogP contribution in [0.15, 0.2) is 60.1 Å². The van der Waals surface area contributed by atoms with Gasteiger partial charge in [-0.3, -0.25) is 0 Å². The number of imide groups is 1. The summed E-state index contributed by atoms with van der Waals surface area (Å²) in [7, 11) is 0. The van der Waals surface area contributed by atoms with Crippen molar-refractivity contribution in [2.45, 2.75) is 6.42 Å². The minimum atomic E-state index is -2.52. The van der Waals surface area contributed by atoms with Crippen LogP contribution in [0.5, 0.6) is 0 Å². The van der Waals surface area contributed by atoms with Crippen molar-refractivity contribution in [3.8, 4) is 0 Å². The van der Waals surface area contributed by atoms with Gasteiger partial charge < -0.3 is 0 Å². The van der Waals surface area contributed by atoms with Gasteiger partial charge in [0.05, 0.1) is 0 Å². The van der Waals surface area contributed by atoms with Gasteiger partial charge in [0, 0.05) is 0 Å². The van der Waals surface area contributed by atoms with Crippen molar-refractivity contribution in [2.75, 3.05) is 0 Å². The quantitative estimate of drug-likeness (QED) is 0.417. The van der Waals surface area contributed by atoms with E-state index in [0.717, 1.165) is 32.6 Å². The Hall–Kier alpha value is -2.32. The molecule has 2 amide bonds. The van der Waals surface area contributed by atoms with Crippen molar-refractivity contribution < 1.29 is 14.5 Å². The van der Waals surface area contributed by atoms with Crippen LogP contribution in [-0.2, 0) is 11.2 Å². The molecule has 0 atom stereocenters. The first kappa shape index (κ1) is 16.8. The third-order valence-corrected chi connectivity index (χ3v) is 16.6. The summed E-state index contributed by atoms with van der Waals surface area (Å²) in [6.07, 6.45) is 0.750. The average Bonchev–Trinajstić information content (AvgIpc) is 3.26. The molecule has 4 aliphatic heterocycles. The Morgan fingerprint density at radius 1 is 1.07 bits per heavy atom. The number of rotatable bonds is 3. The number of benzene rings is 2. The molecule has 130 valence electrons. The van der Waals surface area contributed by atoms with E-state index in [1.807, 2.05) is 12.1 Å². The van der Waals surface area contributed by atoms with E-state index in [-0.39, 0.29) is 16.8 Å². The van der Waals surface area contributed by atoms with Crippen LogP contribution in [0, 0.1) is 10.1 Å². The van der Waals surface area contributed by atoms with E-state index < -0.39 is 26.4 Å². The molecule has 0 spiro atoms. The second-order valence-electron chi connectivity index (χ2n) is 6.61. The van der Waals surface area contributed by atoms with Crippen molar-refractivity contribution in [3.63, 3.8) is 0 Å². The molecule has 8 heteroatoms. The SMILES string of the molecule is O=C1NC(=O)/C(=[C]2\C3=[C](Cc4ccc([N+](=O)[O-])cc4)[In]2[c]2ccccc23)S1. The Labute approximate surface area is 166 Å². The van der Waals surface area contributed by atoms with Gasteiger partial charge in [0.15, 0.2) is 0 Å². The Balaban J connectivity index is 1.57. The molecule has 1 fully saturated rings. The third kappa shape index (κ3) is 2.50. The molecule has 1 N–H and O–H groups in total. The molecule has 4 aliphatic rings. The van der Waals surface area contributed by atoms with Gasteiger partial charge in [-0.05, 0) is 0 Å². The van der Waals surface area contributed by atoms with Crippen LogP contribution >= 0.6 is 11.8 Å². The Morgan fingerprint density at radius 2 is 1.81 bits per heavy atom. The number of nitro benzene ring substituents is 1. The standard InChI is InChI=1S/C19H11N2O4S.In/c22-18-17(26-19(23)20-18)12-15(14-4-2-1-3-5-14)9-6-13-7-10-16(11-8-13)21(24)25;/h1-4,7-8,10-11H,6H2,(H,20,22,23);. The molecule has 0 saturated carbocycles. The van der Waals surface area contributed by atoms with Gasteiger partial charge in [-0.1, -0.05) is 0 Å². The zero-order chi connectivity index (χ0) is 18.7. The van der Waals surface area contributed by atoms with E-state index in [4.69, 9.17) is 0 Å². The number of hydrogen-bond donors (Lipinski definition) is 1. The van der Waals surface area contributed by atoms with Gasteiger partial charge in [-0.25, -0.2) is 0 Å². The fourth-order valence-corrected chi connectivity index (χ4v) is 16.7. The number of carbonyl (C=O) groups is 2. The number of carbonyl (C=O) groups excluding carboxylic acids is 2. The van der Waals surface area contributed by atoms with Crippen LogP contribution in [-0.4, -0.2) is 37.5 Å². The normalized spacial score (nSPS) is 19.9. The van der Waals surface area contributed by atoms with Crippen LogP contribution in [0.1, 0.15) is 11.1 Å². The minimum absolute atomic E-state index is 0.0835. The molecule has 2 aromatic rings. The zero-order valence-corrected chi connectivity index (χ0v) is 18.0. The number of amides is 2. The summed E-state index contributed by atoms with van der Waals surface area (Å²) < 4.78 is 3.91. The molecule has 0 unspecified atom stereocenters. The maximum absolute atomic E-state index is 12.2. The molecule has 2 aromatic carbocycles. The summed E-state index contributed by atoms with van der Waals surface area (Å²) in [5.74, 6) is -0.276. The number of nitro groups is 1. The van der Waals surface area contributed by atoms with E-state index >= 15 is 0 Å². The molecule has 6 nitrogen and oxygen atoms in total. The molecular weight excluding hydrogens is 467 g/mol. The third-order valence-electron chi connectivity index (χ3n) is 5.17. The van der Waals surface area contributed by atoms with E-state index in [0.29, 0.717) is 4.91 Å². The van der Waals surface area contributed by atoms with E-state index in [1.54, 1.807) is 12.1 Å². The van der Waals surface area contributed by atoms with Gasteiger partial charge in [0.1, 0.15) is 0 Å². The predicted molar refractivity (Wildman–Crippen MR) is 104 cm³/mol. The Morgan fingerprint density at radius 3 is 2.44 bits per heavy atom. The van der Waals surface area contributed by atoms with Crippen molar-refractivity contribution in [1.82, 2.24) is 5.32 Å². The zero-order valence-electron chi connectivity index (χ0n) is 13.9. The van der Waals surface area contributed by atoms with E-state index in [1.165, 1.54) is 24.3 Å². The summed E-state index contributed by atoms with van der Waals surface area (Å²) >= 11 is -1.50. The second-order valence-corrected chi connectivity index (χ2v) is 15.5. The van der Waals surface area contributed by atoms with Gasteiger partial charge >= 0.3 is 167 Å². The van der Waals surface area contributed by atoms with Crippen LogP contribution in [0.2, 0.25) is 0 Å². The molecule has 2 bridgehead atoms. The fourth-order valence-electron chi connectivity index (χ4n) is 4.08. The van der Waals surface area contributed by atoms with E-state index in [9.17, 15) is 19.7 Å². The summed E-state index contributed by atoms with van der Waals surface area (Å²) in [5.41, 5.74) is 3.45. The molecule has 0 aromatic heterocycles. The van der Waals surface area contributed by atoms with Crippen LogP contribution in [0.4, 0.5) is 10.5 Å². The predicted octanol–water partition coefficient (Wildman–Crippen LogP) is 2.64. The number of non-ortho nitro benzene ring substituents is 1. The van der Waals surface area contributed by atoms with Crippen molar-refractivity contribution in [3.05, 3.63) is 81.3 Å². The average molecular weight is 478 g/mol. The van der Waals surface area contributed by atoms with Crippen molar-refractivity contribution in [2.24, 2.45) is 0 Å². The van der Waals surface area contributed by atoms with Gasteiger partial charge in [-0.15, -0.1) is 0 Å². The first-order chi connectivity index (χ1) is 13.0. The van der Waals surface area contributed by atoms with Crippen LogP contribution in [0.3, 0.4) is 0 Å². The van der Waals surface area contributed by atoms with Gasteiger partial charge in [-0.2, -0.15) is 0 Å². The van der Waals surface area contributed by atoms with Gasteiger partial charge in [0.25, 0.3) is 0 Å². The molecule has 6 rings (SSSR count).